The minimum atomic E-state index is -4.76. The van der Waals surface area contributed by atoms with Crippen LogP contribution in [0.1, 0.15) is 31.2 Å². The van der Waals surface area contributed by atoms with Crippen molar-refractivity contribution in [1.29, 1.82) is 0 Å². The van der Waals surface area contributed by atoms with Gasteiger partial charge in [-0.3, -0.25) is 4.79 Å². The molecular weight excluding hydrogens is 293 g/mol. The smallest absolute Gasteiger partial charge is 0.298 e. The summed E-state index contributed by atoms with van der Waals surface area (Å²) in [5.74, 6) is -0.492. The Morgan fingerprint density at radius 1 is 1.10 bits per heavy atom. The fourth-order valence-electron chi connectivity index (χ4n) is 2.38. The van der Waals surface area contributed by atoms with E-state index in [9.17, 15) is 26.4 Å². The van der Waals surface area contributed by atoms with E-state index < -0.39 is 37.5 Å². The normalized spacial score (nSPS) is 20.9. The maximum absolute atomic E-state index is 12.9. The Balaban J connectivity index is 2.53. The molecule has 1 saturated carbocycles. The van der Waals surface area contributed by atoms with E-state index in [0.717, 1.165) is 18.2 Å². The highest BCUT2D eigenvalue weighted by molar-refractivity contribution is 7.92. The highest BCUT2D eigenvalue weighted by Crippen LogP contribution is 2.36. The molecule has 2 rings (SSSR count). The molecule has 0 radical (unpaired) electrons. The second-order valence-electron chi connectivity index (χ2n) is 4.74. The first-order valence-corrected chi connectivity index (χ1v) is 7.72. The molecule has 0 aliphatic heterocycles. The molecule has 1 aliphatic carbocycles. The number of alkyl halides is 3. The molecule has 110 valence electrons. The van der Waals surface area contributed by atoms with Crippen LogP contribution in [0.4, 0.5) is 13.2 Å². The van der Waals surface area contributed by atoms with E-state index in [1.54, 1.807) is 0 Å². The molecule has 1 atom stereocenters. The summed E-state index contributed by atoms with van der Waals surface area (Å²) in [5, 5.41) is -1.35. The topological polar surface area (TPSA) is 51.2 Å². The summed E-state index contributed by atoms with van der Waals surface area (Å²) in [6.45, 7) is 0. The lowest BCUT2D eigenvalue weighted by Gasteiger charge is -2.22. The largest absolute Gasteiger partial charge is 0.417 e. The summed E-state index contributed by atoms with van der Waals surface area (Å²) < 4.78 is 63.4. The average molecular weight is 306 g/mol. The van der Waals surface area contributed by atoms with Crippen LogP contribution >= 0.6 is 0 Å². The molecule has 0 heterocycles. The minimum Gasteiger partial charge on any atom is -0.298 e. The first-order chi connectivity index (χ1) is 9.24. The van der Waals surface area contributed by atoms with Gasteiger partial charge in [0.1, 0.15) is 5.25 Å². The third kappa shape index (κ3) is 2.72. The summed E-state index contributed by atoms with van der Waals surface area (Å²) in [4.78, 5) is 10.9. The molecule has 1 fully saturated rings. The Morgan fingerprint density at radius 3 is 2.35 bits per heavy atom. The van der Waals surface area contributed by atoms with Gasteiger partial charge in [0.25, 0.3) is 0 Å². The third-order valence-electron chi connectivity index (χ3n) is 3.37. The predicted octanol–water partition coefficient (Wildman–Crippen LogP) is 2.99. The Hall–Kier alpha value is -1.37. The van der Waals surface area contributed by atoms with E-state index in [1.807, 2.05) is 0 Å². The van der Waals surface area contributed by atoms with Gasteiger partial charge in [0.2, 0.25) is 0 Å². The quantitative estimate of drug-likeness (QED) is 0.844. The second-order valence-corrected chi connectivity index (χ2v) is 6.84. The minimum absolute atomic E-state index is 0.0906. The number of hydrogen-bond acceptors (Lipinski definition) is 3. The lowest BCUT2D eigenvalue weighted by molar-refractivity contribution is -0.140. The van der Waals surface area contributed by atoms with Crippen LogP contribution in [-0.2, 0) is 20.8 Å². The van der Waals surface area contributed by atoms with Crippen molar-refractivity contribution in [3.05, 3.63) is 29.8 Å². The summed E-state index contributed by atoms with van der Waals surface area (Å²) in [7, 11) is -4.29. The van der Waals surface area contributed by atoms with Crippen molar-refractivity contribution < 1.29 is 26.4 Å². The molecule has 0 bridgehead atoms. The molecule has 1 unspecified atom stereocenters. The molecule has 0 spiro atoms. The molecule has 0 N–H and O–H groups in total. The van der Waals surface area contributed by atoms with Gasteiger partial charge in [0, 0.05) is 6.42 Å². The van der Waals surface area contributed by atoms with Crippen LogP contribution in [0.3, 0.4) is 0 Å². The Labute approximate surface area is 114 Å². The summed E-state index contributed by atoms with van der Waals surface area (Å²) in [5.41, 5.74) is -1.21. The van der Waals surface area contributed by atoms with Crippen LogP contribution in [0.2, 0.25) is 0 Å². The van der Waals surface area contributed by atoms with Gasteiger partial charge in [-0.1, -0.05) is 18.6 Å². The van der Waals surface area contributed by atoms with Crippen molar-refractivity contribution in [1.82, 2.24) is 0 Å². The molecule has 20 heavy (non-hydrogen) atoms. The molecular formula is C13H13F3O3S. The summed E-state index contributed by atoms with van der Waals surface area (Å²) >= 11 is 0. The van der Waals surface area contributed by atoms with E-state index in [0.29, 0.717) is 12.8 Å². The number of ketones is 1. The molecule has 7 heteroatoms. The lowest BCUT2D eigenvalue weighted by Crippen LogP contribution is -2.34. The molecule has 1 aromatic carbocycles. The van der Waals surface area contributed by atoms with Crippen LogP contribution in [0.15, 0.2) is 29.2 Å². The number of benzene rings is 1. The fraction of sp³-hybridized carbons (Fsp3) is 0.462. The molecule has 0 saturated heterocycles. The van der Waals surface area contributed by atoms with E-state index in [-0.39, 0.29) is 12.8 Å². The van der Waals surface area contributed by atoms with E-state index in [2.05, 4.69) is 0 Å². The first kappa shape index (κ1) is 15.0. The van der Waals surface area contributed by atoms with Gasteiger partial charge < -0.3 is 0 Å². The lowest BCUT2D eigenvalue weighted by atomic mass is 9.99. The van der Waals surface area contributed by atoms with Crippen molar-refractivity contribution in [2.45, 2.75) is 42.0 Å². The van der Waals surface area contributed by atoms with Gasteiger partial charge in [-0.25, -0.2) is 8.42 Å². The highest BCUT2D eigenvalue weighted by Gasteiger charge is 2.42. The van der Waals surface area contributed by atoms with Crippen LogP contribution in [0.25, 0.3) is 0 Å². The zero-order valence-corrected chi connectivity index (χ0v) is 11.3. The summed E-state index contributed by atoms with van der Waals surface area (Å²) in [6.07, 6.45) is -3.44. The molecule has 1 aliphatic rings. The monoisotopic (exact) mass is 306 g/mol. The Bertz CT molecular complexity index is 620. The van der Waals surface area contributed by atoms with E-state index in [1.165, 1.54) is 6.07 Å². The van der Waals surface area contributed by atoms with Crippen molar-refractivity contribution in [3.63, 3.8) is 0 Å². The maximum Gasteiger partial charge on any atom is 0.417 e. The number of halogens is 3. The molecule has 0 amide bonds. The highest BCUT2D eigenvalue weighted by atomic mass is 32.2. The van der Waals surface area contributed by atoms with Gasteiger partial charge in [0.15, 0.2) is 15.6 Å². The number of rotatable bonds is 2. The van der Waals surface area contributed by atoms with Crippen molar-refractivity contribution in [2.75, 3.05) is 0 Å². The predicted molar refractivity (Wildman–Crippen MR) is 65.9 cm³/mol. The van der Waals surface area contributed by atoms with Crippen molar-refractivity contribution in [3.8, 4) is 0 Å². The zero-order valence-electron chi connectivity index (χ0n) is 10.5. The fourth-order valence-corrected chi connectivity index (χ4v) is 4.39. The van der Waals surface area contributed by atoms with Crippen molar-refractivity contribution >= 4 is 15.6 Å². The Kier molecular flexibility index (Phi) is 3.90. The van der Waals surface area contributed by atoms with Gasteiger partial charge in [0.05, 0.1) is 10.5 Å². The number of sulfone groups is 1. The number of Topliss-reactive ketones (excluding diaryl/α,β-unsaturated/α-hetero) is 1. The van der Waals surface area contributed by atoms with Gasteiger partial charge in [-0.15, -0.1) is 0 Å². The maximum atomic E-state index is 12.9. The third-order valence-corrected chi connectivity index (χ3v) is 5.59. The molecule has 1 aromatic rings. The zero-order chi connectivity index (χ0) is 15.0. The van der Waals surface area contributed by atoms with Crippen LogP contribution < -0.4 is 0 Å². The molecule has 0 aromatic heterocycles. The standard InChI is InChI=1S/C13H13F3O3S/c14-13(15,16)9-5-1-3-7-11(9)20(18,19)12-8-4-2-6-10(12)17/h1,3,5,7,12H,2,4,6,8H2. The average Bonchev–Trinajstić information content (AvgIpc) is 2.38. The van der Waals surface area contributed by atoms with E-state index >= 15 is 0 Å². The van der Waals surface area contributed by atoms with Crippen LogP contribution in [0, 0.1) is 0 Å². The van der Waals surface area contributed by atoms with E-state index in [4.69, 9.17) is 0 Å². The number of carbonyl (C=O) groups is 1. The van der Waals surface area contributed by atoms with Gasteiger partial charge in [-0.2, -0.15) is 13.2 Å². The second kappa shape index (κ2) is 5.20. The molecule has 3 nitrogen and oxygen atoms in total. The van der Waals surface area contributed by atoms with Crippen LogP contribution in [-0.4, -0.2) is 19.5 Å². The van der Waals surface area contributed by atoms with Crippen molar-refractivity contribution in [2.24, 2.45) is 0 Å². The first-order valence-electron chi connectivity index (χ1n) is 6.17. The summed E-state index contributed by atoms with van der Waals surface area (Å²) in [6, 6.07) is 4.00. The van der Waals surface area contributed by atoms with Gasteiger partial charge >= 0.3 is 6.18 Å². The van der Waals surface area contributed by atoms with Crippen LogP contribution in [0.5, 0.6) is 0 Å². The Morgan fingerprint density at radius 2 is 1.75 bits per heavy atom. The SMILES string of the molecule is O=C1CCCCC1S(=O)(=O)c1ccccc1C(F)(F)F. The van der Waals surface area contributed by atoms with Gasteiger partial charge in [-0.05, 0) is 25.0 Å². The number of carbonyl (C=O) groups excluding carboxylic acids is 1. The number of hydrogen-bond donors (Lipinski definition) is 0.